The first-order chi connectivity index (χ1) is 15.5. The number of nitrogens with one attached hydrogen (secondary N) is 1. The summed E-state index contributed by atoms with van der Waals surface area (Å²) in [6, 6.07) is 18.9. The lowest BCUT2D eigenvalue weighted by atomic mass is 10.1. The van der Waals surface area contributed by atoms with Crippen LogP contribution in [0.5, 0.6) is 5.75 Å². The van der Waals surface area contributed by atoms with Crippen LogP contribution in [0.15, 0.2) is 71.1 Å². The fraction of sp³-hybridized carbons (Fsp3) is 0.0833. The van der Waals surface area contributed by atoms with E-state index < -0.39 is 17.7 Å². The Labute approximate surface area is 182 Å². The predicted molar refractivity (Wildman–Crippen MR) is 116 cm³/mol. The van der Waals surface area contributed by atoms with E-state index in [4.69, 9.17) is 9.15 Å². The zero-order valence-electron chi connectivity index (χ0n) is 17.0. The van der Waals surface area contributed by atoms with E-state index in [9.17, 15) is 14.4 Å². The molecule has 0 saturated carbocycles. The first kappa shape index (κ1) is 19.5. The van der Waals surface area contributed by atoms with Crippen molar-refractivity contribution in [2.75, 3.05) is 19.0 Å². The largest absolute Gasteiger partial charge is 0.496 e. The molecular formula is C24H17N3O5. The SMILES string of the molecule is COc1ccccc1-c1nc2ccc(NC(=O)CN3C(=O)c4ccccc4C3=O)cc2o1. The molecule has 0 bridgehead atoms. The van der Waals surface area contributed by atoms with Crippen LogP contribution >= 0.6 is 0 Å². The van der Waals surface area contributed by atoms with Crippen molar-refractivity contribution in [1.82, 2.24) is 9.88 Å². The Morgan fingerprint density at radius 2 is 1.62 bits per heavy atom. The lowest BCUT2D eigenvalue weighted by Crippen LogP contribution is -2.37. The Bertz CT molecular complexity index is 1360. The Balaban J connectivity index is 1.34. The van der Waals surface area contributed by atoms with E-state index in [-0.39, 0.29) is 6.54 Å². The Hall–Kier alpha value is -4.46. The number of rotatable bonds is 5. The molecule has 0 fully saturated rings. The minimum atomic E-state index is -0.497. The summed E-state index contributed by atoms with van der Waals surface area (Å²) in [6.07, 6.45) is 0. The van der Waals surface area contributed by atoms with Crippen molar-refractivity contribution in [1.29, 1.82) is 0 Å². The number of imide groups is 1. The van der Waals surface area contributed by atoms with Gasteiger partial charge in [0.05, 0.1) is 23.8 Å². The van der Waals surface area contributed by atoms with Crippen LogP contribution < -0.4 is 10.1 Å². The maximum absolute atomic E-state index is 12.5. The van der Waals surface area contributed by atoms with Gasteiger partial charge in [-0.05, 0) is 36.4 Å². The second-order valence-electron chi connectivity index (χ2n) is 7.19. The minimum Gasteiger partial charge on any atom is -0.496 e. The summed E-state index contributed by atoms with van der Waals surface area (Å²) >= 11 is 0. The first-order valence-corrected chi connectivity index (χ1v) is 9.84. The number of benzene rings is 3. The first-order valence-electron chi connectivity index (χ1n) is 9.84. The smallest absolute Gasteiger partial charge is 0.262 e. The molecular weight excluding hydrogens is 410 g/mol. The highest BCUT2D eigenvalue weighted by Crippen LogP contribution is 2.32. The summed E-state index contributed by atoms with van der Waals surface area (Å²) in [7, 11) is 1.57. The van der Waals surface area contributed by atoms with Crippen LogP contribution in [0.25, 0.3) is 22.6 Å². The number of ether oxygens (including phenoxy) is 1. The van der Waals surface area contributed by atoms with E-state index in [1.165, 1.54) is 0 Å². The maximum Gasteiger partial charge on any atom is 0.262 e. The zero-order valence-corrected chi connectivity index (χ0v) is 17.0. The molecule has 0 atom stereocenters. The van der Waals surface area contributed by atoms with E-state index in [0.29, 0.717) is 45.1 Å². The fourth-order valence-corrected chi connectivity index (χ4v) is 3.67. The van der Waals surface area contributed by atoms with Crippen LogP contribution in [0, 0.1) is 0 Å². The van der Waals surface area contributed by atoms with E-state index >= 15 is 0 Å². The molecule has 1 aromatic heterocycles. The summed E-state index contributed by atoms with van der Waals surface area (Å²) in [5.41, 5.74) is 2.87. The molecule has 4 aromatic rings. The Morgan fingerprint density at radius 1 is 0.969 bits per heavy atom. The van der Waals surface area contributed by atoms with Crippen LogP contribution in [0.2, 0.25) is 0 Å². The van der Waals surface area contributed by atoms with Crippen LogP contribution in [0.1, 0.15) is 20.7 Å². The molecule has 1 aliphatic rings. The van der Waals surface area contributed by atoms with Crippen molar-refractivity contribution in [2.45, 2.75) is 0 Å². The van der Waals surface area contributed by atoms with Gasteiger partial charge < -0.3 is 14.5 Å². The van der Waals surface area contributed by atoms with Gasteiger partial charge in [-0.25, -0.2) is 4.98 Å². The molecule has 32 heavy (non-hydrogen) atoms. The highest BCUT2D eigenvalue weighted by molar-refractivity contribution is 6.22. The fourth-order valence-electron chi connectivity index (χ4n) is 3.67. The quantitative estimate of drug-likeness (QED) is 0.487. The number of para-hydroxylation sites is 1. The lowest BCUT2D eigenvalue weighted by Gasteiger charge is -2.13. The number of methoxy groups -OCH3 is 1. The molecule has 2 heterocycles. The van der Waals surface area contributed by atoms with Gasteiger partial charge in [0.1, 0.15) is 17.8 Å². The molecule has 1 aliphatic heterocycles. The number of anilines is 1. The van der Waals surface area contributed by atoms with Gasteiger partial charge in [0.25, 0.3) is 11.8 Å². The van der Waals surface area contributed by atoms with Gasteiger partial charge in [-0.2, -0.15) is 0 Å². The molecule has 158 valence electrons. The topological polar surface area (TPSA) is 102 Å². The van der Waals surface area contributed by atoms with Crippen molar-refractivity contribution in [3.05, 3.63) is 77.9 Å². The molecule has 8 heteroatoms. The molecule has 8 nitrogen and oxygen atoms in total. The normalized spacial score (nSPS) is 12.8. The number of hydrogen-bond donors (Lipinski definition) is 1. The summed E-state index contributed by atoms with van der Waals surface area (Å²) in [5.74, 6) is -0.426. The third-order valence-electron chi connectivity index (χ3n) is 5.19. The number of hydrogen-bond acceptors (Lipinski definition) is 6. The molecule has 3 amide bonds. The molecule has 5 rings (SSSR count). The van der Waals surface area contributed by atoms with E-state index in [1.807, 2.05) is 24.3 Å². The van der Waals surface area contributed by atoms with E-state index in [1.54, 1.807) is 49.6 Å². The van der Waals surface area contributed by atoms with Gasteiger partial charge in [0, 0.05) is 11.8 Å². The third-order valence-corrected chi connectivity index (χ3v) is 5.19. The summed E-state index contributed by atoms with van der Waals surface area (Å²) < 4.78 is 11.2. The second-order valence-corrected chi connectivity index (χ2v) is 7.19. The molecule has 3 aromatic carbocycles. The summed E-state index contributed by atoms with van der Waals surface area (Å²) in [6.45, 7) is -0.382. The average Bonchev–Trinajstić information content (AvgIpc) is 3.34. The Morgan fingerprint density at radius 3 is 2.31 bits per heavy atom. The number of amides is 3. The number of nitrogens with zero attached hydrogens (tertiary/aromatic N) is 2. The zero-order chi connectivity index (χ0) is 22.2. The molecule has 1 N–H and O–H groups in total. The third kappa shape index (κ3) is 3.27. The highest BCUT2D eigenvalue weighted by Gasteiger charge is 2.36. The maximum atomic E-state index is 12.5. The van der Waals surface area contributed by atoms with Crippen molar-refractivity contribution in [3.8, 4) is 17.2 Å². The van der Waals surface area contributed by atoms with Crippen molar-refractivity contribution < 1.29 is 23.5 Å². The van der Waals surface area contributed by atoms with E-state index in [2.05, 4.69) is 10.3 Å². The van der Waals surface area contributed by atoms with Gasteiger partial charge in [-0.15, -0.1) is 0 Å². The van der Waals surface area contributed by atoms with Gasteiger partial charge in [0.2, 0.25) is 11.8 Å². The lowest BCUT2D eigenvalue weighted by molar-refractivity contribution is -0.116. The van der Waals surface area contributed by atoms with Crippen molar-refractivity contribution in [2.24, 2.45) is 0 Å². The molecule has 0 radical (unpaired) electrons. The van der Waals surface area contributed by atoms with Gasteiger partial charge in [0.15, 0.2) is 5.58 Å². The van der Waals surface area contributed by atoms with Gasteiger partial charge >= 0.3 is 0 Å². The van der Waals surface area contributed by atoms with Crippen LogP contribution in [0.3, 0.4) is 0 Å². The van der Waals surface area contributed by atoms with Crippen molar-refractivity contribution in [3.63, 3.8) is 0 Å². The number of oxazole rings is 1. The summed E-state index contributed by atoms with van der Waals surface area (Å²) in [4.78, 5) is 42.9. The molecule has 0 spiro atoms. The van der Waals surface area contributed by atoms with Gasteiger partial charge in [-0.3, -0.25) is 19.3 Å². The minimum absolute atomic E-state index is 0.303. The molecule has 0 unspecified atom stereocenters. The average molecular weight is 427 g/mol. The van der Waals surface area contributed by atoms with Crippen LogP contribution in [-0.2, 0) is 4.79 Å². The van der Waals surface area contributed by atoms with Crippen molar-refractivity contribution >= 4 is 34.5 Å². The standard InChI is InChI=1S/C24H17N3O5/c1-31-19-9-5-4-8-17(19)22-26-18-11-10-14(12-20(18)32-22)25-21(28)13-27-23(29)15-6-2-3-7-16(15)24(27)30/h2-12H,13H2,1H3,(H,25,28). The predicted octanol–water partition coefficient (Wildman–Crippen LogP) is 3.74. The number of fused-ring (bicyclic) bond motifs is 2. The molecule has 0 saturated heterocycles. The molecule has 0 aliphatic carbocycles. The van der Waals surface area contributed by atoms with E-state index in [0.717, 1.165) is 4.90 Å². The monoisotopic (exact) mass is 427 g/mol. The van der Waals surface area contributed by atoms with Gasteiger partial charge in [-0.1, -0.05) is 24.3 Å². The highest BCUT2D eigenvalue weighted by atomic mass is 16.5. The second kappa shape index (κ2) is 7.66. The number of carbonyl (C=O) groups is 3. The van der Waals surface area contributed by atoms with Crippen LogP contribution in [0.4, 0.5) is 5.69 Å². The Kier molecular flexibility index (Phi) is 4.67. The number of aromatic nitrogens is 1. The van der Waals surface area contributed by atoms with Crippen LogP contribution in [-0.4, -0.2) is 41.3 Å². The number of carbonyl (C=O) groups excluding carboxylic acids is 3. The summed E-state index contributed by atoms with van der Waals surface area (Å²) in [5, 5.41) is 2.70.